The second-order valence-electron chi connectivity index (χ2n) is 5.33. The van der Waals surface area contributed by atoms with E-state index in [1.165, 1.54) is 0 Å². The molecule has 1 aliphatic carbocycles. The molecule has 1 heterocycles. The van der Waals surface area contributed by atoms with Crippen molar-refractivity contribution >= 4 is 5.91 Å². The zero-order chi connectivity index (χ0) is 12.0. The van der Waals surface area contributed by atoms with Crippen LogP contribution in [0.3, 0.4) is 0 Å². The number of methoxy groups -OCH3 is 1. The van der Waals surface area contributed by atoms with Gasteiger partial charge in [-0.25, -0.2) is 0 Å². The van der Waals surface area contributed by atoms with Crippen LogP contribution in [-0.2, 0) is 9.53 Å². The Kier molecular flexibility index (Phi) is 2.75. The molecule has 0 aromatic carbocycles. The second kappa shape index (κ2) is 3.70. The highest BCUT2D eigenvalue weighted by atomic mass is 16.5. The van der Waals surface area contributed by atoms with E-state index in [1.807, 2.05) is 13.8 Å². The molecule has 2 aliphatic rings. The Labute approximate surface area is 96.6 Å². The largest absolute Gasteiger partial charge is 0.386 e. The van der Waals surface area contributed by atoms with Gasteiger partial charge < -0.3 is 14.7 Å². The van der Waals surface area contributed by atoms with Crippen LogP contribution in [0.15, 0.2) is 0 Å². The van der Waals surface area contributed by atoms with Crippen molar-refractivity contribution in [2.45, 2.75) is 44.3 Å². The predicted molar refractivity (Wildman–Crippen MR) is 60.0 cm³/mol. The van der Waals surface area contributed by atoms with Gasteiger partial charge in [-0.2, -0.15) is 0 Å². The average molecular weight is 227 g/mol. The van der Waals surface area contributed by atoms with Crippen LogP contribution in [0.25, 0.3) is 0 Å². The number of amides is 1. The molecule has 16 heavy (non-hydrogen) atoms. The number of hydrogen-bond acceptors (Lipinski definition) is 3. The van der Waals surface area contributed by atoms with Crippen LogP contribution < -0.4 is 0 Å². The summed E-state index contributed by atoms with van der Waals surface area (Å²) in [5.41, 5.74) is -1.33. The van der Waals surface area contributed by atoms with Crippen LogP contribution in [0, 0.1) is 5.92 Å². The normalized spacial score (nSPS) is 27.1. The minimum atomic E-state index is -0.731. The number of β-amino-alcohol motifs (C(OH)–C–C–N with tert-alkyl or cyclic N) is 1. The van der Waals surface area contributed by atoms with Crippen LogP contribution >= 0.6 is 0 Å². The molecule has 4 nitrogen and oxygen atoms in total. The first-order chi connectivity index (χ1) is 7.45. The SMILES string of the molecule is CCC(C)(OC)C(=O)N1CC(O)(C2CC2)C1. The lowest BCUT2D eigenvalue weighted by Gasteiger charge is -2.49. The van der Waals surface area contributed by atoms with E-state index in [-0.39, 0.29) is 5.91 Å². The summed E-state index contributed by atoms with van der Waals surface area (Å²) in [6, 6.07) is 0. The van der Waals surface area contributed by atoms with Gasteiger partial charge in [-0.1, -0.05) is 6.92 Å². The van der Waals surface area contributed by atoms with Gasteiger partial charge in [-0.3, -0.25) is 4.79 Å². The molecule has 1 atom stereocenters. The molecule has 0 aromatic heterocycles. The molecule has 1 amide bonds. The molecule has 0 aromatic rings. The molecule has 2 rings (SSSR count). The molecule has 4 heteroatoms. The van der Waals surface area contributed by atoms with Crippen molar-refractivity contribution in [2.75, 3.05) is 20.2 Å². The van der Waals surface area contributed by atoms with Crippen molar-refractivity contribution in [3.63, 3.8) is 0 Å². The second-order valence-corrected chi connectivity index (χ2v) is 5.33. The third kappa shape index (κ3) is 1.74. The number of carbonyl (C=O) groups excluding carboxylic acids is 1. The van der Waals surface area contributed by atoms with Gasteiger partial charge in [0, 0.05) is 7.11 Å². The minimum absolute atomic E-state index is 0.00262. The Hall–Kier alpha value is -0.610. The Morgan fingerprint density at radius 3 is 2.50 bits per heavy atom. The third-order valence-corrected chi connectivity index (χ3v) is 4.13. The molecule has 1 aliphatic heterocycles. The molecule has 1 unspecified atom stereocenters. The maximum Gasteiger partial charge on any atom is 0.254 e. The van der Waals surface area contributed by atoms with Crippen LogP contribution in [0.4, 0.5) is 0 Å². The van der Waals surface area contributed by atoms with Gasteiger partial charge in [-0.05, 0) is 32.1 Å². The predicted octanol–water partition coefficient (Wildman–Crippen LogP) is 0.785. The van der Waals surface area contributed by atoms with Crippen molar-refractivity contribution < 1.29 is 14.6 Å². The Bertz CT molecular complexity index is 289. The van der Waals surface area contributed by atoms with Gasteiger partial charge in [0.25, 0.3) is 5.91 Å². The fourth-order valence-corrected chi connectivity index (χ4v) is 2.35. The molecule has 0 radical (unpaired) electrons. The molecular formula is C12H21NO3. The van der Waals surface area contributed by atoms with Crippen LogP contribution in [0.2, 0.25) is 0 Å². The molecule has 92 valence electrons. The van der Waals surface area contributed by atoms with Crippen molar-refractivity contribution in [2.24, 2.45) is 5.92 Å². The topological polar surface area (TPSA) is 49.8 Å². The number of nitrogens with zero attached hydrogens (tertiary/aromatic N) is 1. The van der Waals surface area contributed by atoms with E-state index in [0.29, 0.717) is 25.4 Å². The average Bonchev–Trinajstić information content (AvgIpc) is 3.06. The Balaban J connectivity index is 1.93. The van der Waals surface area contributed by atoms with E-state index in [4.69, 9.17) is 4.74 Å². The minimum Gasteiger partial charge on any atom is -0.386 e. The number of likely N-dealkylation sites (tertiary alicyclic amines) is 1. The quantitative estimate of drug-likeness (QED) is 0.772. The summed E-state index contributed by atoms with van der Waals surface area (Å²) in [5.74, 6) is 0.426. The van der Waals surface area contributed by atoms with Crippen molar-refractivity contribution in [1.29, 1.82) is 0 Å². The zero-order valence-electron chi connectivity index (χ0n) is 10.3. The first-order valence-corrected chi connectivity index (χ1v) is 6.02. The number of carbonyl (C=O) groups is 1. The fraction of sp³-hybridized carbons (Fsp3) is 0.917. The zero-order valence-corrected chi connectivity index (χ0v) is 10.3. The van der Waals surface area contributed by atoms with Gasteiger partial charge in [0.15, 0.2) is 0 Å². The van der Waals surface area contributed by atoms with Gasteiger partial charge in [0.05, 0.1) is 13.1 Å². The van der Waals surface area contributed by atoms with Crippen molar-refractivity contribution in [3.8, 4) is 0 Å². The molecule has 1 saturated carbocycles. The molecule has 0 spiro atoms. The Morgan fingerprint density at radius 2 is 2.12 bits per heavy atom. The molecule has 1 saturated heterocycles. The van der Waals surface area contributed by atoms with Gasteiger partial charge in [0.2, 0.25) is 0 Å². The van der Waals surface area contributed by atoms with Crippen LogP contribution in [0.5, 0.6) is 0 Å². The summed E-state index contributed by atoms with van der Waals surface area (Å²) >= 11 is 0. The monoisotopic (exact) mass is 227 g/mol. The summed E-state index contributed by atoms with van der Waals surface area (Å²) in [4.78, 5) is 13.8. The number of aliphatic hydroxyl groups is 1. The lowest BCUT2D eigenvalue weighted by Crippen LogP contribution is -2.68. The number of ether oxygens (including phenoxy) is 1. The standard InChI is InChI=1S/C12H21NO3/c1-4-11(2,16-3)10(14)13-7-12(15,8-13)9-5-6-9/h9,15H,4-8H2,1-3H3. The number of rotatable bonds is 4. The first-order valence-electron chi connectivity index (χ1n) is 6.02. The van der Waals surface area contributed by atoms with E-state index in [0.717, 1.165) is 12.8 Å². The van der Waals surface area contributed by atoms with E-state index in [1.54, 1.807) is 12.0 Å². The van der Waals surface area contributed by atoms with E-state index in [2.05, 4.69) is 0 Å². The van der Waals surface area contributed by atoms with Gasteiger partial charge >= 0.3 is 0 Å². The fourth-order valence-electron chi connectivity index (χ4n) is 2.35. The van der Waals surface area contributed by atoms with E-state index in [9.17, 15) is 9.90 Å². The maximum atomic E-state index is 12.1. The molecule has 0 bridgehead atoms. The van der Waals surface area contributed by atoms with Gasteiger partial charge in [0.1, 0.15) is 11.2 Å². The van der Waals surface area contributed by atoms with Crippen LogP contribution in [0.1, 0.15) is 33.1 Å². The highest BCUT2D eigenvalue weighted by molar-refractivity contribution is 5.85. The summed E-state index contributed by atoms with van der Waals surface area (Å²) in [5, 5.41) is 10.1. The lowest BCUT2D eigenvalue weighted by atomic mass is 9.86. The molecule has 2 fully saturated rings. The van der Waals surface area contributed by atoms with Gasteiger partial charge in [-0.15, -0.1) is 0 Å². The summed E-state index contributed by atoms with van der Waals surface area (Å²) in [6.45, 7) is 4.71. The highest BCUT2D eigenvalue weighted by Crippen LogP contribution is 2.45. The molecular weight excluding hydrogens is 206 g/mol. The van der Waals surface area contributed by atoms with E-state index < -0.39 is 11.2 Å². The summed E-state index contributed by atoms with van der Waals surface area (Å²) in [6.07, 6.45) is 2.86. The van der Waals surface area contributed by atoms with Crippen molar-refractivity contribution in [1.82, 2.24) is 4.90 Å². The lowest BCUT2D eigenvalue weighted by molar-refractivity contribution is -0.178. The van der Waals surface area contributed by atoms with E-state index >= 15 is 0 Å². The van der Waals surface area contributed by atoms with Crippen molar-refractivity contribution in [3.05, 3.63) is 0 Å². The van der Waals surface area contributed by atoms with Crippen LogP contribution in [-0.4, -0.2) is 47.3 Å². The first kappa shape index (κ1) is 11.9. The maximum absolute atomic E-state index is 12.1. The third-order valence-electron chi connectivity index (χ3n) is 4.13. The summed E-state index contributed by atoms with van der Waals surface area (Å²) in [7, 11) is 1.56. The smallest absolute Gasteiger partial charge is 0.254 e. The summed E-state index contributed by atoms with van der Waals surface area (Å²) < 4.78 is 5.28. The Morgan fingerprint density at radius 1 is 1.56 bits per heavy atom. The number of hydrogen-bond donors (Lipinski definition) is 1. The highest BCUT2D eigenvalue weighted by Gasteiger charge is 2.55. The molecule has 1 N–H and O–H groups in total.